The van der Waals surface area contributed by atoms with E-state index in [0.29, 0.717) is 12.5 Å². The highest BCUT2D eigenvalue weighted by molar-refractivity contribution is 5.90. The zero-order chi connectivity index (χ0) is 12.7. The first-order chi connectivity index (χ1) is 8.11. The Hall–Kier alpha value is -1.35. The average molecular weight is 234 g/mol. The predicted molar refractivity (Wildman–Crippen MR) is 72.0 cm³/mol. The number of carbonyl (C=O) groups excluding carboxylic acids is 1. The normalized spacial score (nSPS) is 14.1. The molecule has 2 N–H and O–H groups in total. The van der Waals surface area contributed by atoms with Gasteiger partial charge in [0.15, 0.2) is 0 Å². The maximum atomic E-state index is 11.7. The average Bonchev–Trinajstić information content (AvgIpc) is 2.29. The maximum Gasteiger partial charge on any atom is 0.225 e. The molecule has 0 aromatic heterocycles. The Morgan fingerprint density at radius 2 is 1.82 bits per heavy atom. The molecular weight excluding hydrogens is 212 g/mol. The lowest BCUT2D eigenvalue weighted by molar-refractivity contribution is -0.116. The van der Waals surface area contributed by atoms with Gasteiger partial charge in [0.05, 0.1) is 0 Å². The number of rotatable bonds is 6. The van der Waals surface area contributed by atoms with E-state index in [1.807, 2.05) is 37.3 Å². The topological polar surface area (TPSA) is 41.1 Å². The number of hydrogen-bond acceptors (Lipinski definition) is 2. The van der Waals surface area contributed by atoms with Crippen LogP contribution in [0.25, 0.3) is 0 Å². The van der Waals surface area contributed by atoms with Crippen molar-refractivity contribution in [2.24, 2.45) is 0 Å². The summed E-state index contributed by atoms with van der Waals surface area (Å²) in [6.07, 6.45) is 1.57. The van der Waals surface area contributed by atoms with E-state index in [1.165, 1.54) is 0 Å². The SMILES string of the molecule is CCC(C)NC(C)CC(=O)Nc1ccccc1. The Bertz CT molecular complexity index is 337. The third-order valence-electron chi connectivity index (χ3n) is 2.73. The van der Waals surface area contributed by atoms with Crippen LogP contribution >= 0.6 is 0 Å². The predicted octanol–water partition coefficient (Wildman–Crippen LogP) is 2.79. The molecular formula is C14H22N2O. The Morgan fingerprint density at radius 3 is 2.41 bits per heavy atom. The first kappa shape index (κ1) is 13.7. The summed E-state index contributed by atoms with van der Waals surface area (Å²) in [5, 5.41) is 6.27. The molecule has 94 valence electrons. The van der Waals surface area contributed by atoms with Crippen LogP contribution in [0.2, 0.25) is 0 Å². The molecule has 0 aliphatic rings. The van der Waals surface area contributed by atoms with E-state index >= 15 is 0 Å². The Balaban J connectivity index is 2.34. The van der Waals surface area contributed by atoms with E-state index in [-0.39, 0.29) is 11.9 Å². The Kier molecular flexibility index (Phi) is 5.70. The van der Waals surface area contributed by atoms with Crippen LogP contribution in [0.5, 0.6) is 0 Å². The summed E-state index contributed by atoms with van der Waals surface area (Å²) in [6.45, 7) is 6.30. The largest absolute Gasteiger partial charge is 0.326 e. The second-order valence-electron chi connectivity index (χ2n) is 4.50. The van der Waals surface area contributed by atoms with Gasteiger partial charge in [0.2, 0.25) is 5.91 Å². The van der Waals surface area contributed by atoms with Crippen molar-refractivity contribution in [3.8, 4) is 0 Å². The summed E-state index contributed by atoms with van der Waals surface area (Å²) in [5.74, 6) is 0.0551. The van der Waals surface area contributed by atoms with E-state index in [1.54, 1.807) is 0 Å². The minimum Gasteiger partial charge on any atom is -0.326 e. The van der Waals surface area contributed by atoms with Crippen LogP contribution in [0.15, 0.2) is 30.3 Å². The van der Waals surface area contributed by atoms with Gasteiger partial charge in [0, 0.05) is 24.2 Å². The van der Waals surface area contributed by atoms with Gasteiger partial charge in [0.1, 0.15) is 0 Å². The minimum absolute atomic E-state index is 0.0551. The van der Waals surface area contributed by atoms with Gasteiger partial charge in [-0.15, -0.1) is 0 Å². The quantitative estimate of drug-likeness (QED) is 0.794. The lowest BCUT2D eigenvalue weighted by atomic mass is 10.1. The molecule has 0 saturated heterocycles. The highest BCUT2D eigenvalue weighted by Crippen LogP contribution is 2.06. The van der Waals surface area contributed by atoms with Crippen LogP contribution in [0.4, 0.5) is 5.69 Å². The first-order valence-electron chi connectivity index (χ1n) is 6.22. The lowest BCUT2D eigenvalue weighted by Crippen LogP contribution is -2.36. The van der Waals surface area contributed by atoms with E-state index in [4.69, 9.17) is 0 Å². The fourth-order valence-electron chi connectivity index (χ4n) is 1.67. The fourth-order valence-corrected chi connectivity index (χ4v) is 1.67. The van der Waals surface area contributed by atoms with Crippen molar-refractivity contribution in [2.45, 2.75) is 45.7 Å². The van der Waals surface area contributed by atoms with Crippen molar-refractivity contribution >= 4 is 11.6 Å². The number of benzene rings is 1. The molecule has 2 unspecified atom stereocenters. The van der Waals surface area contributed by atoms with Gasteiger partial charge < -0.3 is 10.6 Å². The number of hydrogen-bond donors (Lipinski definition) is 2. The zero-order valence-corrected chi connectivity index (χ0v) is 10.9. The van der Waals surface area contributed by atoms with Crippen LogP contribution in [0.3, 0.4) is 0 Å². The monoisotopic (exact) mass is 234 g/mol. The first-order valence-corrected chi connectivity index (χ1v) is 6.22. The highest BCUT2D eigenvalue weighted by Gasteiger charge is 2.10. The third-order valence-corrected chi connectivity index (χ3v) is 2.73. The molecule has 1 aromatic carbocycles. The summed E-state index contributed by atoms with van der Waals surface area (Å²) in [7, 11) is 0. The maximum absolute atomic E-state index is 11.7. The molecule has 0 spiro atoms. The summed E-state index contributed by atoms with van der Waals surface area (Å²) in [4.78, 5) is 11.7. The summed E-state index contributed by atoms with van der Waals surface area (Å²) < 4.78 is 0. The number of nitrogens with one attached hydrogen (secondary N) is 2. The molecule has 0 radical (unpaired) electrons. The molecule has 1 amide bonds. The van der Waals surface area contributed by atoms with Crippen molar-refractivity contribution < 1.29 is 4.79 Å². The van der Waals surface area contributed by atoms with Gasteiger partial charge in [-0.05, 0) is 32.4 Å². The smallest absolute Gasteiger partial charge is 0.225 e. The molecule has 17 heavy (non-hydrogen) atoms. The van der Waals surface area contributed by atoms with Gasteiger partial charge in [-0.3, -0.25) is 4.79 Å². The summed E-state index contributed by atoms with van der Waals surface area (Å²) >= 11 is 0. The van der Waals surface area contributed by atoms with E-state index in [9.17, 15) is 4.79 Å². The molecule has 3 nitrogen and oxygen atoms in total. The van der Waals surface area contributed by atoms with Crippen LogP contribution in [0.1, 0.15) is 33.6 Å². The van der Waals surface area contributed by atoms with Crippen molar-refractivity contribution in [3.05, 3.63) is 30.3 Å². The number of amides is 1. The van der Waals surface area contributed by atoms with Crippen LogP contribution in [-0.4, -0.2) is 18.0 Å². The van der Waals surface area contributed by atoms with Gasteiger partial charge in [-0.1, -0.05) is 25.1 Å². The summed E-state index contributed by atoms with van der Waals surface area (Å²) in [6, 6.07) is 10.2. The molecule has 0 bridgehead atoms. The minimum atomic E-state index is 0.0551. The van der Waals surface area contributed by atoms with E-state index in [0.717, 1.165) is 12.1 Å². The lowest BCUT2D eigenvalue weighted by Gasteiger charge is -2.18. The second kappa shape index (κ2) is 7.07. The number of anilines is 1. The molecule has 0 aliphatic carbocycles. The van der Waals surface area contributed by atoms with Crippen LogP contribution in [-0.2, 0) is 4.79 Å². The van der Waals surface area contributed by atoms with Crippen LogP contribution < -0.4 is 10.6 Å². The van der Waals surface area contributed by atoms with Gasteiger partial charge in [-0.25, -0.2) is 0 Å². The van der Waals surface area contributed by atoms with Gasteiger partial charge >= 0.3 is 0 Å². The molecule has 0 heterocycles. The van der Waals surface area contributed by atoms with Crippen molar-refractivity contribution in [3.63, 3.8) is 0 Å². The molecule has 0 fully saturated rings. The van der Waals surface area contributed by atoms with Crippen molar-refractivity contribution in [1.29, 1.82) is 0 Å². The van der Waals surface area contributed by atoms with E-state index in [2.05, 4.69) is 24.5 Å². The molecule has 1 rings (SSSR count). The third kappa shape index (κ3) is 5.50. The molecule has 1 aromatic rings. The van der Waals surface area contributed by atoms with Crippen molar-refractivity contribution in [1.82, 2.24) is 5.32 Å². The van der Waals surface area contributed by atoms with Crippen molar-refractivity contribution in [2.75, 3.05) is 5.32 Å². The highest BCUT2D eigenvalue weighted by atomic mass is 16.1. The van der Waals surface area contributed by atoms with E-state index < -0.39 is 0 Å². The fraction of sp³-hybridized carbons (Fsp3) is 0.500. The van der Waals surface area contributed by atoms with Crippen LogP contribution in [0, 0.1) is 0 Å². The molecule has 2 atom stereocenters. The summed E-state index contributed by atoms with van der Waals surface area (Å²) in [5.41, 5.74) is 0.855. The van der Waals surface area contributed by atoms with Gasteiger partial charge in [-0.2, -0.15) is 0 Å². The Labute approximate surface area is 104 Å². The standard InChI is InChI=1S/C14H22N2O/c1-4-11(2)15-12(3)10-14(17)16-13-8-6-5-7-9-13/h5-9,11-12,15H,4,10H2,1-3H3,(H,16,17). The zero-order valence-electron chi connectivity index (χ0n) is 10.9. The number of carbonyl (C=O) groups is 1. The van der Waals surface area contributed by atoms with Gasteiger partial charge in [0.25, 0.3) is 0 Å². The molecule has 0 saturated carbocycles. The Morgan fingerprint density at radius 1 is 1.18 bits per heavy atom. The molecule has 3 heteroatoms. The number of para-hydroxylation sites is 1. The molecule has 0 aliphatic heterocycles. The second-order valence-corrected chi connectivity index (χ2v) is 4.50.